The molecule has 18 heavy (non-hydrogen) atoms. The van der Waals surface area contributed by atoms with Gasteiger partial charge in [0, 0.05) is 34.6 Å². The third-order valence-electron chi connectivity index (χ3n) is 3.34. The van der Waals surface area contributed by atoms with E-state index in [0.717, 1.165) is 22.9 Å². The SMILES string of the molecule is CNC1CCCc2nc(-c3nc(C)cs3)ncc21. The Kier molecular flexibility index (Phi) is 3.09. The van der Waals surface area contributed by atoms with E-state index in [2.05, 4.69) is 15.3 Å². The maximum atomic E-state index is 4.69. The number of thiazole rings is 1. The number of hydrogen-bond acceptors (Lipinski definition) is 5. The second-order valence-electron chi connectivity index (χ2n) is 4.62. The second kappa shape index (κ2) is 4.74. The van der Waals surface area contributed by atoms with Crippen LogP contribution in [0.25, 0.3) is 10.8 Å². The van der Waals surface area contributed by atoms with Crippen LogP contribution in [-0.4, -0.2) is 22.0 Å². The lowest BCUT2D eigenvalue weighted by atomic mass is 9.92. The maximum absolute atomic E-state index is 4.69. The van der Waals surface area contributed by atoms with Crippen molar-refractivity contribution in [1.82, 2.24) is 20.3 Å². The van der Waals surface area contributed by atoms with Crippen molar-refractivity contribution in [3.05, 3.63) is 28.5 Å². The minimum atomic E-state index is 0.404. The Morgan fingerprint density at radius 2 is 2.28 bits per heavy atom. The molecule has 4 nitrogen and oxygen atoms in total. The van der Waals surface area contributed by atoms with E-state index in [-0.39, 0.29) is 0 Å². The number of nitrogens with zero attached hydrogens (tertiary/aromatic N) is 3. The molecule has 0 radical (unpaired) electrons. The van der Waals surface area contributed by atoms with Crippen LogP contribution in [0.2, 0.25) is 0 Å². The number of rotatable bonds is 2. The van der Waals surface area contributed by atoms with E-state index in [9.17, 15) is 0 Å². The predicted octanol–water partition coefficient (Wildman–Crippen LogP) is 2.51. The van der Waals surface area contributed by atoms with Gasteiger partial charge in [-0.2, -0.15) is 0 Å². The standard InChI is InChI=1S/C13H16N4S/c1-8-7-18-13(16-8)12-15-6-9-10(14-2)4-3-5-11(9)17-12/h6-7,10,14H,3-5H2,1-2H3. The van der Waals surface area contributed by atoms with Gasteiger partial charge in [-0.05, 0) is 33.2 Å². The Morgan fingerprint density at radius 1 is 1.39 bits per heavy atom. The van der Waals surface area contributed by atoms with Gasteiger partial charge in [-0.15, -0.1) is 11.3 Å². The van der Waals surface area contributed by atoms with Gasteiger partial charge in [-0.3, -0.25) is 0 Å². The van der Waals surface area contributed by atoms with Crippen LogP contribution in [-0.2, 0) is 6.42 Å². The molecule has 1 aliphatic carbocycles. The summed E-state index contributed by atoms with van der Waals surface area (Å²) in [6, 6.07) is 0.404. The minimum absolute atomic E-state index is 0.404. The van der Waals surface area contributed by atoms with Gasteiger partial charge >= 0.3 is 0 Å². The zero-order chi connectivity index (χ0) is 12.5. The summed E-state index contributed by atoms with van der Waals surface area (Å²) < 4.78 is 0. The van der Waals surface area contributed by atoms with Gasteiger partial charge in [0.2, 0.25) is 0 Å². The maximum Gasteiger partial charge on any atom is 0.188 e. The Morgan fingerprint density at radius 3 is 3.00 bits per heavy atom. The molecule has 3 rings (SSSR count). The van der Waals surface area contributed by atoms with Crippen LogP contribution in [0.5, 0.6) is 0 Å². The highest BCUT2D eigenvalue weighted by atomic mass is 32.1. The summed E-state index contributed by atoms with van der Waals surface area (Å²) in [6.07, 6.45) is 5.37. The molecular weight excluding hydrogens is 244 g/mol. The number of nitrogens with one attached hydrogen (secondary N) is 1. The van der Waals surface area contributed by atoms with E-state index in [0.29, 0.717) is 6.04 Å². The Labute approximate surface area is 111 Å². The van der Waals surface area contributed by atoms with Crippen molar-refractivity contribution in [2.75, 3.05) is 7.05 Å². The summed E-state index contributed by atoms with van der Waals surface area (Å²) >= 11 is 1.61. The summed E-state index contributed by atoms with van der Waals surface area (Å²) in [5.74, 6) is 0.767. The van der Waals surface area contributed by atoms with Crippen LogP contribution in [0.3, 0.4) is 0 Å². The van der Waals surface area contributed by atoms with Crippen molar-refractivity contribution in [1.29, 1.82) is 0 Å². The third kappa shape index (κ3) is 2.04. The lowest BCUT2D eigenvalue weighted by molar-refractivity contribution is 0.488. The van der Waals surface area contributed by atoms with Crippen LogP contribution in [0.4, 0.5) is 0 Å². The molecule has 94 valence electrons. The molecule has 0 fully saturated rings. The molecule has 1 aliphatic rings. The fourth-order valence-corrected chi connectivity index (χ4v) is 3.14. The molecule has 1 N–H and O–H groups in total. The van der Waals surface area contributed by atoms with Crippen molar-refractivity contribution in [3.8, 4) is 10.8 Å². The first kappa shape index (κ1) is 11.7. The minimum Gasteiger partial charge on any atom is -0.313 e. The number of aromatic nitrogens is 3. The van der Waals surface area contributed by atoms with E-state index < -0.39 is 0 Å². The molecule has 0 bridgehead atoms. The lowest BCUT2D eigenvalue weighted by Gasteiger charge is -2.23. The highest BCUT2D eigenvalue weighted by molar-refractivity contribution is 7.13. The largest absolute Gasteiger partial charge is 0.313 e. The van der Waals surface area contributed by atoms with Crippen molar-refractivity contribution >= 4 is 11.3 Å². The summed E-state index contributed by atoms with van der Waals surface area (Å²) in [7, 11) is 2.00. The topological polar surface area (TPSA) is 50.7 Å². The Hall–Kier alpha value is -1.33. The first-order valence-electron chi connectivity index (χ1n) is 6.23. The molecule has 5 heteroatoms. The monoisotopic (exact) mass is 260 g/mol. The van der Waals surface area contributed by atoms with Crippen LogP contribution in [0.15, 0.2) is 11.6 Å². The summed E-state index contributed by atoms with van der Waals surface area (Å²) in [6.45, 7) is 2.00. The second-order valence-corrected chi connectivity index (χ2v) is 5.48. The van der Waals surface area contributed by atoms with Crippen molar-refractivity contribution in [3.63, 3.8) is 0 Å². The van der Waals surface area contributed by atoms with E-state index in [1.807, 2.05) is 25.5 Å². The number of hydrogen-bond donors (Lipinski definition) is 1. The average Bonchev–Trinajstić information content (AvgIpc) is 2.84. The number of fused-ring (bicyclic) bond motifs is 1. The third-order valence-corrected chi connectivity index (χ3v) is 4.30. The first-order chi connectivity index (χ1) is 8.78. The predicted molar refractivity (Wildman–Crippen MR) is 72.6 cm³/mol. The van der Waals surface area contributed by atoms with Gasteiger partial charge in [-0.1, -0.05) is 0 Å². The Bertz CT molecular complexity index is 564. The molecule has 1 atom stereocenters. The van der Waals surface area contributed by atoms with Crippen molar-refractivity contribution in [2.45, 2.75) is 32.2 Å². The van der Waals surface area contributed by atoms with Gasteiger partial charge in [0.05, 0.1) is 0 Å². The molecular formula is C13H16N4S. The van der Waals surface area contributed by atoms with Crippen LogP contribution in [0.1, 0.15) is 35.8 Å². The van der Waals surface area contributed by atoms with Crippen LogP contribution >= 0.6 is 11.3 Å². The van der Waals surface area contributed by atoms with Crippen molar-refractivity contribution < 1.29 is 0 Å². The smallest absolute Gasteiger partial charge is 0.188 e. The highest BCUT2D eigenvalue weighted by Gasteiger charge is 2.21. The van der Waals surface area contributed by atoms with Gasteiger partial charge in [-0.25, -0.2) is 15.0 Å². The normalized spacial score (nSPS) is 18.7. The fraction of sp³-hybridized carbons (Fsp3) is 0.462. The molecule has 0 saturated carbocycles. The summed E-state index contributed by atoms with van der Waals surface area (Å²) in [5, 5.41) is 6.29. The van der Waals surface area contributed by atoms with Crippen LogP contribution in [0, 0.1) is 6.92 Å². The highest BCUT2D eigenvalue weighted by Crippen LogP contribution is 2.29. The molecule has 2 heterocycles. The van der Waals surface area contributed by atoms with Gasteiger partial charge in [0.25, 0.3) is 0 Å². The number of aryl methyl sites for hydroxylation is 2. The lowest BCUT2D eigenvalue weighted by Crippen LogP contribution is -2.22. The molecule has 0 aliphatic heterocycles. The summed E-state index contributed by atoms with van der Waals surface area (Å²) in [5.41, 5.74) is 3.46. The fourth-order valence-electron chi connectivity index (χ4n) is 2.41. The van der Waals surface area contributed by atoms with Gasteiger partial charge < -0.3 is 5.32 Å². The zero-order valence-electron chi connectivity index (χ0n) is 10.6. The zero-order valence-corrected chi connectivity index (χ0v) is 11.4. The van der Waals surface area contributed by atoms with Gasteiger partial charge in [0.15, 0.2) is 10.8 Å². The first-order valence-corrected chi connectivity index (χ1v) is 7.11. The molecule has 0 spiro atoms. The molecule has 2 aromatic heterocycles. The molecule has 0 aromatic carbocycles. The summed E-state index contributed by atoms with van der Waals surface area (Å²) in [4.78, 5) is 13.6. The molecule has 0 amide bonds. The molecule has 2 aromatic rings. The molecule has 1 unspecified atom stereocenters. The molecule has 0 saturated heterocycles. The van der Waals surface area contributed by atoms with E-state index >= 15 is 0 Å². The Balaban J connectivity index is 2.00. The van der Waals surface area contributed by atoms with E-state index in [1.54, 1.807) is 11.3 Å². The van der Waals surface area contributed by atoms with Crippen molar-refractivity contribution in [2.24, 2.45) is 0 Å². The van der Waals surface area contributed by atoms with Crippen LogP contribution < -0.4 is 5.32 Å². The van der Waals surface area contributed by atoms with E-state index in [1.165, 1.54) is 24.1 Å². The average molecular weight is 260 g/mol. The van der Waals surface area contributed by atoms with E-state index in [4.69, 9.17) is 4.98 Å². The quantitative estimate of drug-likeness (QED) is 0.901. The van der Waals surface area contributed by atoms with Gasteiger partial charge in [0.1, 0.15) is 0 Å².